The summed E-state index contributed by atoms with van der Waals surface area (Å²) in [5.74, 6) is -1.54. The van der Waals surface area contributed by atoms with Crippen molar-refractivity contribution in [2.45, 2.75) is 78.9 Å². The highest BCUT2D eigenvalue weighted by Gasteiger charge is 2.42. The van der Waals surface area contributed by atoms with Gasteiger partial charge in [-0.05, 0) is 36.8 Å². The normalized spacial score (nSPS) is 15.7. The smallest absolute Gasteiger partial charge is 0.331 e. The number of nitrogens with one attached hydrogen (secondary N) is 2. The monoisotopic (exact) mass is 479 g/mol. The molecule has 0 bridgehead atoms. The Labute approximate surface area is 202 Å². The van der Waals surface area contributed by atoms with Crippen LogP contribution in [0.1, 0.15) is 60.3 Å². The van der Waals surface area contributed by atoms with Crippen molar-refractivity contribution in [2.75, 3.05) is 14.1 Å². The van der Waals surface area contributed by atoms with Gasteiger partial charge in [0.2, 0.25) is 11.8 Å². The van der Waals surface area contributed by atoms with Gasteiger partial charge in [-0.15, -0.1) is 11.3 Å². The van der Waals surface area contributed by atoms with Crippen LogP contribution in [0.5, 0.6) is 0 Å². The lowest BCUT2D eigenvalue weighted by atomic mass is 9.80. The molecule has 0 spiro atoms. The molecule has 0 saturated heterocycles. The molecule has 0 aliphatic carbocycles. The molecule has 1 aromatic rings. The second kappa shape index (κ2) is 11.3. The highest BCUT2D eigenvalue weighted by Crippen LogP contribution is 2.32. The third kappa shape index (κ3) is 7.14. The zero-order valence-electron chi connectivity index (χ0n) is 21.6. The number of carbonyl (C=O) groups excluding carboxylic acids is 2. The van der Waals surface area contributed by atoms with E-state index in [4.69, 9.17) is 0 Å². The van der Waals surface area contributed by atoms with Gasteiger partial charge >= 0.3 is 5.97 Å². The van der Waals surface area contributed by atoms with Gasteiger partial charge in [0.05, 0.1) is 12.1 Å². The van der Waals surface area contributed by atoms with Gasteiger partial charge < -0.3 is 20.6 Å². The SMILES string of the molecule is CN[C@@H](C(=O)N[C@H](C(=O)N(C)[C@H](C=C(C)C(=O)O)C(C)C)C(C)(C)C)C(C)(C)c1cccs1. The Balaban J connectivity index is 3.26. The number of aliphatic carboxylic acids is 1. The molecule has 8 heteroatoms. The van der Waals surface area contributed by atoms with Crippen LogP contribution in [0.25, 0.3) is 0 Å². The van der Waals surface area contributed by atoms with Crippen LogP contribution in [0, 0.1) is 11.3 Å². The molecule has 1 aromatic heterocycles. The van der Waals surface area contributed by atoms with Gasteiger partial charge in [0.25, 0.3) is 0 Å². The first kappa shape index (κ1) is 28.8. The molecule has 0 aromatic carbocycles. The summed E-state index contributed by atoms with van der Waals surface area (Å²) in [5.41, 5.74) is -0.858. The molecule has 0 fully saturated rings. The van der Waals surface area contributed by atoms with Crippen LogP contribution in [0.2, 0.25) is 0 Å². The molecular weight excluding hydrogens is 438 g/mol. The number of carboxylic acid groups (broad SMARTS) is 1. The average molecular weight is 480 g/mol. The summed E-state index contributed by atoms with van der Waals surface area (Å²) in [6, 6.07) is 2.21. The molecule has 7 nitrogen and oxygen atoms in total. The number of amides is 2. The van der Waals surface area contributed by atoms with E-state index in [2.05, 4.69) is 10.6 Å². The van der Waals surface area contributed by atoms with Crippen molar-refractivity contribution >= 4 is 29.1 Å². The van der Waals surface area contributed by atoms with Crippen LogP contribution in [0.15, 0.2) is 29.2 Å². The molecule has 2 amide bonds. The topological polar surface area (TPSA) is 98.7 Å². The zero-order chi connectivity index (χ0) is 25.7. The van der Waals surface area contributed by atoms with E-state index >= 15 is 0 Å². The van der Waals surface area contributed by atoms with Crippen LogP contribution in [-0.4, -0.2) is 60.0 Å². The predicted octanol–water partition coefficient (Wildman–Crippen LogP) is 3.66. The van der Waals surface area contributed by atoms with E-state index in [1.54, 1.807) is 36.4 Å². The minimum atomic E-state index is -1.02. The van der Waals surface area contributed by atoms with E-state index < -0.39 is 34.9 Å². The molecule has 0 saturated carbocycles. The number of nitrogens with zero attached hydrogens (tertiary/aromatic N) is 1. The van der Waals surface area contributed by atoms with E-state index in [1.807, 2.05) is 66.0 Å². The molecule has 33 heavy (non-hydrogen) atoms. The standard InChI is InChI=1S/C25H41N3O4S/c1-15(2)17(14-16(3)23(31)32)28(10)22(30)20(24(4,5)6)27-21(29)19(26-9)25(7,8)18-12-11-13-33-18/h11-15,17,19-20,26H,1-10H3,(H,27,29)(H,31,32)/t17-,19+,20-/m1/s1. The maximum Gasteiger partial charge on any atom is 0.331 e. The van der Waals surface area contributed by atoms with Crippen LogP contribution in [0.3, 0.4) is 0 Å². The summed E-state index contributed by atoms with van der Waals surface area (Å²) in [6.45, 7) is 15.1. The predicted molar refractivity (Wildman–Crippen MR) is 134 cm³/mol. The Bertz CT molecular complexity index is 854. The third-order valence-corrected chi connectivity index (χ3v) is 7.27. The number of carbonyl (C=O) groups is 3. The first-order valence-corrected chi connectivity index (χ1v) is 12.1. The lowest BCUT2D eigenvalue weighted by molar-refractivity contribution is -0.141. The van der Waals surface area contributed by atoms with Crippen molar-refractivity contribution in [2.24, 2.45) is 11.3 Å². The number of likely N-dealkylation sites (N-methyl/N-ethyl adjacent to an activating group) is 2. The summed E-state index contributed by atoms with van der Waals surface area (Å²) in [4.78, 5) is 41.0. The summed E-state index contributed by atoms with van der Waals surface area (Å²) in [5, 5.41) is 17.4. The van der Waals surface area contributed by atoms with Crippen molar-refractivity contribution in [1.29, 1.82) is 0 Å². The molecule has 0 aliphatic heterocycles. The van der Waals surface area contributed by atoms with Gasteiger partial charge in [-0.25, -0.2) is 4.79 Å². The maximum absolute atomic E-state index is 13.6. The van der Waals surface area contributed by atoms with Gasteiger partial charge in [-0.1, -0.05) is 60.6 Å². The van der Waals surface area contributed by atoms with Gasteiger partial charge in [-0.3, -0.25) is 9.59 Å². The summed E-state index contributed by atoms with van der Waals surface area (Å²) in [7, 11) is 3.41. The fraction of sp³-hybridized carbons (Fsp3) is 0.640. The van der Waals surface area contributed by atoms with Crippen molar-refractivity contribution in [3.63, 3.8) is 0 Å². The van der Waals surface area contributed by atoms with Crippen molar-refractivity contribution in [3.8, 4) is 0 Å². The molecule has 186 valence electrons. The van der Waals surface area contributed by atoms with Gasteiger partial charge in [-0.2, -0.15) is 0 Å². The van der Waals surface area contributed by atoms with E-state index in [0.29, 0.717) is 0 Å². The number of thiophene rings is 1. The molecule has 0 radical (unpaired) electrons. The molecule has 1 heterocycles. The summed E-state index contributed by atoms with van der Waals surface area (Å²) >= 11 is 1.59. The van der Waals surface area contributed by atoms with E-state index in [0.717, 1.165) is 4.88 Å². The quantitative estimate of drug-likeness (QED) is 0.445. The van der Waals surface area contributed by atoms with Crippen LogP contribution in [0.4, 0.5) is 0 Å². The zero-order valence-corrected chi connectivity index (χ0v) is 22.5. The van der Waals surface area contributed by atoms with Crippen LogP contribution < -0.4 is 10.6 Å². The summed E-state index contributed by atoms with van der Waals surface area (Å²) in [6.07, 6.45) is 1.60. The Hall–Kier alpha value is -2.19. The lowest BCUT2D eigenvalue weighted by Gasteiger charge is -2.39. The molecule has 3 N–H and O–H groups in total. The fourth-order valence-electron chi connectivity index (χ4n) is 3.91. The van der Waals surface area contributed by atoms with Crippen molar-refractivity contribution in [3.05, 3.63) is 34.0 Å². The Morgan fingerprint density at radius 1 is 1.12 bits per heavy atom. The van der Waals surface area contributed by atoms with E-state index in [9.17, 15) is 19.5 Å². The Morgan fingerprint density at radius 3 is 2.09 bits per heavy atom. The Kier molecular flexibility index (Phi) is 9.87. The molecule has 3 atom stereocenters. The van der Waals surface area contributed by atoms with Crippen LogP contribution >= 0.6 is 11.3 Å². The highest BCUT2D eigenvalue weighted by atomic mass is 32.1. The summed E-state index contributed by atoms with van der Waals surface area (Å²) < 4.78 is 0. The highest BCUT2D eigenvalue weighted by molar-refractivity contribution is 7.10. The maximum atomic E-state index is 13.6. The Morgan fingerprint density at radius 2 is 1.70 bits per heavy atom. The second-order valence-corrected chi connectivity index (χ2v) is 11.5. The third-order valence-electron chi connectivity index (χ3n) is 6.06. The van der Waals surface area contributed by atoms with Gasteiger partial charge in [0, 0.05) is 22.9 Å². The number of rotatable bonds is 10. The van der Waals surface area contributed by atoms with E-state index in [1.165, 1.54) is 6.92 Å². The molecule has 1 rings (SSSR count). The lowest BCUT2D eigenvalue weighted by Crippen LogP contribution is -2.61. The largest absolute Gasteiger partial charge is 0.478 e. The minimum Gasteiger partial charge on any atom is -0.478 e. The van der Waals surface area contributed by atoms with Crippen molar-refractivity contribution in [1.82, 2.24) is 15.5 Å². The van der Waals surface area contributed by atoms with E-state index in [-0.39, 0.29) is 23.3 Å². The first-order valence-electron chi connectivity index (χ1n) is 11.3. The van der Waals surface area contributed by atoms with Gasteiger partial charge in [0.1, 0.15) is 6.04 Å². The van der Waals surface area contributed by atoms with Crippen LogP contribution in [-0.2, 0) is 19.8 Å². The number of carboxylic acids is 1. The minimum absolute atomic E-state index is 0.00705. The number of hydrogen-bond donors (Lipinski definition) is 3. The second-order valence-electron chi connectivity index (χ2n) is 10.6. The molecule has 0 unspecified atom stereocenters. The fourth-order valence-corrected chi connectivity index (χ4v) is 4.79. The van der Waals surface area contributed by atoms with Crippen molar-refractivity contribution < 1.29 is 19.5 Å². The average Bonchev–Trinajstić information content (AvgIpc) is 3.23. The number of hydrogen-bond acceptors (Lipinski definition) is 5. The molecular formula is C25H41N3O4S. The molecule has 0 aliphatic rings. The van der Waals surface area contributed by atoms with Gasteiger partial charge in [0.15, 0.2) is 0 Å². The first-order chi connectivity index (χ1) is 15.0.